The first kappa shape index (κ1) is 14.8. The summed E-state index contributed by atoms with van der Waals surface area (Å²) in [7, 11) is 0. The van der Waals surface area contributed by atoms with E-state index in [1.54, 1.807) is 23.1 Å². The molecular formula is C13H17BrN2O2S2. The van der Waals surface area contributed by atoms with E-state index in [2.05, 4.69) is 33.0 Å². The molecule has 0 radical (unpaired) electrons. The lowest BCUT2D eigenvalue weighted by Gasteiger charge is -2.30. The summed E-state index contributed by atoms with van der Waals surface area (Å²) in [6.45, 7) is 5.33. The Labute approximate surface area is 135 Å². The zero-order valence-electron chi connectivity index (χ0n) is 11.1. The first-order valence-electron chi connectivity index (χ1n) is 6.70. The molecule has 2 aliphatic rings. The van der Waals surface area contributed by atoms with Gasteiger partial charge in [0.2, 0.25) is 5.91 Å². The molecule has 3 heterocycles. The van der Waals surface area contributed by atoms with Crippen molar-refractivity contribution in [1.29, 1.82) is 0 Å². The summed E-state index contributed by atoms with van der Waals surface area (Å²) in [5.74, 6) is 0.862. The van der Waals surface area contributed by atoms with Crippen molar-refractivity contribution in [3.8, 4) is 0 Å². The molecule has 1 amide bonds. The van der Waals surface area contributed by atoms with E-state index in [0.717, 1.165) is 43.2 Å². The Balaban J connectivity index is 1.61. The third-order valence-corrected chi connectivity index (χ3v) is 6.63. The molecule has 1 aromatic heterocycles. The van der Waals surface area contributed by atoms with Crippen LogP contribution < -0.4 is 0 Å². The fraction of sp³-hybridized carbons (Fsp3) is 0.615. The average Bonchev–Trinajstić information content (AvgIpc) is 3.04. The van der Waals surface area contributed by atoms with E-state index in [4.69, 9.17) is 4.74 Å². The van der Waals surface area contributed by atoms with Crippen molar-refractivity contribution in [3.05, 3.63) is 20.8 Å². The van der Waals surface area contributed by atoms with Crippen LogP contribution in [0.5, 0.6) is 0 Å². The highest BCUT2D eigenvalue weighted by molar-refractivity contribution is 9.11. The number of ether oxygens (including phenoxy) is 1. The van der Waals surface area contributed by atoms with Crippen LogP contribution in [-0.2, 0) is 9.53 Å². The van der Waals surface area contributed by atoms with Crippen LogP contribution >= 0.6 is 39.0 Å². The average molecular weight is 377 g/mol. The summed E-state index contributed by atoms with van der Waals surface area (Å²) in [5.41, 5.74) is 0. The number of rotatable bonds is 4. The van der Waals surface area contributed by atoms with Gasteiger partial charge in [0.05, 0.1) is 22.8 Å². The molecule has 2 saturated heterocycles. The zero-order valence-corrected chi connectivity index (χ0v) is 14.3. The first-order chi connectivity index (χ1) is 9.74. The molecule has 0 spiro atoms. The Hall–Kier alpha value is -0.0800. The molecular weight excluding hydrogens is 360 g/mol. The highest BCUT2D eigenvalue weighted by Gasteiger charge is 2.33. The molecule has 0 aromatic carbocycles. The molecule has 20 heavy (non-hydrogen) atoms. The van der Waals surface area contributed by atoms with Gasteiger partial charge in [0.1, 0.15) is 5.37 Å². The van der Waals surface area contributed by atoms with E-state index < -0.39 is 0 Å². The Morgan fingerprint density at radius 3 is 2.80 bits per heavy atom. The number of thiophene rings is 1. The van der Waals surface area contributed by atoms with Crippen LogP contribution in [0.25, 0.3) is 0 Å². The van der Waals surface area contributed by atoms with Crippen molar-refractivity contribution in [2.45, 2.75) is 5.37 Å². The topological polar surface area (TPSA) is 32.8 Å². The van der Waals surface area contributed by atoms with E-state index in [-0.39, 0.29) is 11.3 Å². The summed E-state index contributed by atoms with van der Waals surface area (Å²) in [4.78, 5) is 17.8. The highest BCUT2D eigenvalue weighted by atomic mass is 79.9. The second-order valence-electron chi connectivity index (χ2n) is 4.85. The fourth-order valence-electron chi connectivity index (χ4n) is 2.47. The smallest absolute Gasteiger partial charge is 0.233 e. The standard InChI is InChI=1S/C13H17BrN2O2S2/c14-11-2-1-10(20-11)13-16(12(17)9-19-13)4-3-15-5-7-18-8-6-15/h1-2,13H,3-9H2. The molecule has 0 saturated carbocycles. The molecule has 1 aromatic rings. The van der Waals surface area contributed by atoms with Crippen LogP contribution in [0, 0.1) is 0 Å². The van der Waals surface area contributed by atoms with Gasteiger partial charge in [0.15, 0.2) is 0 Å². The Morgan fingerprint density at radius 1 is 1.30 bits per heavy atom. The molecule has 2 aliphatic heterocycles. The van der Waals surface area contributed by atoms with E-state index >= 15 is 0 Å². The maximum atomic E-state index is 12.1. The summed E-state index contributed by atoms with van der Waals surface area (Å²) >= 11 is 6.95. The van der Waals surface area contributed by atoms with E-state index in [1.807, 2.05) is 4.90 Å². The fourth-order valence-corrected chi connectivity index (χ4v) is 5.35. The lowest BCUT2D eigenvalue weighted by atomic mass is 10.3. The quantitative estimate of drug-likeness (QED) is 0.807. The van der Waals surface area contributed by atoms with Gasteiger partial charge in [-0.25, -0.2) is 0 Å². The van der Waals surface area contributed by atoms with Crippen LogP contribution in [0.15, 0.2) is 15.9 Å². The SMILES string of the molecule is O=C1CSC(c2ccc(Br)s2)N1CCN1CCOCC1. The minimum Gasteiger partial charge on any atom is -0.379 e. The van der Waals surface area contributed by atoms with Crippen LogP contribution in [0.1, 0.15) is 10.3 Å². The van der Waals surface area contributed by atoms with Gasteiger partial charge in [0.25, 0.3) is 0 Å². The van der Waals surface area contributed by atoms with E-state index in [1.165, 1.54) is 4.88 Å². The molecule has 0 bridgehead atoms. The molecule has 2 fully saturated rings. The molecule has 1 unspecified atom stereocenters. The molecule has 7 heteroatoms. The summed E-state index contributed by atoms with van der Waals surface area (Å²) in [6.07, 6.45) is 0. The van der Waals surface area contributed by atoms with Gasteiger partial charge in [-0.05, 0) is 28.1 Å². The second-order valence-corrected chi connectivity index (χ2v) is 8.41. The van der Waals surface area contributed by atoms with Crippen molar-refractivity contribution < 1.29 is 9.53 Å². The number of thioether (sulfide) groups is 1. The van der Waals surface area contributed by atoms with Crippen molar-refractivity contribution in [3.63, 3.8) is 0 Å². The van der Waals surface area contributed by atoms with E-state index in [0.29, 0.717) is 5.75 Å². The molecule has 0 aliphatic carbocycles. The van der Waals surface area contributed by atoms with Gasteiger partial charge in [-0.2, -0.15) is 0 Å². The monoisotopic (exact) mass is 376 g/mol. The van der Waals surface area contributed by atoms with Crippen LogP contribution in [0.2, 0.25) is 0 Å². The van der Waals surface area contributed by atoms with Gasteiger partial charge in [0, 0.05) is 31.1 Å². The summed E-state index contributed by atoms with van der Waals surface area (Å²) in [6, 6.07) is 4.18. The van der Waals surface area contributed by atoms with Crippen molar-refractivity contribution in [2.24, 2.45) is 0 Å². The molecule has 3 rings (SSSR count). The lowest BCUT2D eigenvalue weighted by molar-refractivity contribution is -0.128. The third-order valence-electron chi connectivity index (χ3n) is 3.57. The molecule has 1 atom stereocenters. The third kappa shape index (κ3) is 3.39. The van der Waals surface area contributed by atoms with Crippen molar-refractivity contribution in [1.82, 2.24) is 9.80 Å². The minimum absolute atomic E-state index is 0.194. The number of hydrogen-bond donors (Lipinski definition) is 0. The predicted octanol–water partition coefficient (Wildman–Crippen LogP) is 2.42. The number of amides is 1. The van der Waals surface area contributed by atoms with Crippen molar-refractivity contribution >= 4 is 44.9 Å². The van der Waals surface area contributed by atoms with Crippen LogP contribution in [0.3, 0.4) is 0 Å². The summed E-state index contributed by atoms with van der Waals surface area (Å²) in [5, 5.41) is 0.194. The predicted molar refractivity (Wildman–Crippen MR) is 86.2 cm³/mol. The van der Waals surface area contributed by atoms with Gasteiger partial charge in [-0.1, -0.05) is 0 Å². The number of hydrogen-bond acceptors (Lipinski definition) is 5. The molecule has 4 nitrogen and oxygen atoms in total. The molecule has 110 valence electrons. The number of carbonyl (C=O) groups is 1. The van der Waals surface area contributed by atoms with Gasteiger partial charge < -0.3 is 9.64 Å². The number of nitrogens with zero attached hydrogens (tertiary/aromatic N) is 2. The van der Waals surface area contributed by atoms with Crippen LogP contribution in [-0.4, -0.2) is 60.9 Å². The number of halogens is 1. The van der Waals surface area contributed by atoms with E-state index in [9.17, 15) is 4.79 Å². The zero-order chi connectivity index (χ0) is 13.9. The second kappa shape index (κ2) is 6.79. The lowest BCUT2D eigenvalue weighted by Crippen LogP contribution is -2.42. The minimum atomic E-state index is 0.194. The van der Waals surface area contributed by atoms with Gasteiger partial charge >= 0.3 is 0 Å². The maximum absolute atomic E-state index is 12.1. The van der Waals surface area contributed by atoms with Gasteiger partial charge in [-0.15, -0.1) is 23.1 Å². The Morgan fingerprint density at radius 2 is 2.10 bits per heavy atom. The van der Waals surface area contributed by atoms with Crippen LogP contribution in [0.4, 0.5) is 0 Å². The normalized spacial score (nSPS) is 24.6. The maximum Gasteiger partial charge on any atom is 0.233 e. The summed E-state index contributed by atoms with van der Waals surface area (Å²) < 4.78 is 6.48. The highest BCUT2D eigenvalue weighted by Crippen LogP contribution is 2.42. The van der Waals surface area contributed by atoms with Gasteiger partial charge in [-0.3, -0.25) is 9.69 Å². The van der Waals surface area contributed by atoms with Crippen molar-refractivity contribution in [2.75, 3.05) is 45.1 Å². The number of morpholine rings is 1. The number of carbonyl (C=O) groups excluding carboxylic acids is 1. The first-order valence-corrected chi connectivity index (χ1v) is 9.36. The molecule has 0 N–H and O–H groups in total. The Bertz CT molecular complexity index is 477. The Kier molecular flexibility index (Phi) is 5.04. The largest absolute Gasteiger partial charge is 0.379 e.